The number of nitrogens with zero attached hydrogens (tertiary/aromatic N) is 1. The number of esters is 1. The second-order valence-electron chi connectivity index (χ2n) is 4.37. The lowest BCUT2D eigenvalue weighted by molar-refractivity contribution is -0.140. The summed E-state index contributed by atoms with van der Waals surface area (Å²) in [4.78, 5) is 15.1. The van der Waals surface area contributed by atoms with Gasteiger partial charge in [-0.25, -0.2) is 0 Å². The van der Waals surface area contributed by atoms with E-state index in [-0.39, 0.29) is 11.3 Å². The Bertz CT molecular complexity index is 422. The molecule has 0 aliphatic carbocycles. The van der Waals surface area contributed by atoms with Gasteiger partial charge in [-0.2, -0.15) is 0 Å². The number of methoxy groups -OCH3 is 1. The number of rotatable bonds is 5. The Hall–Kier alpha value is -1.16. The molecule has 1 unspecified atom stereocenters. The average Bonchev–Trinajstić information content (AvgIpc) is 2.73. The minimum absolute atomic E-state index is 0.137. The second-order valence-corrected chi connectivity index (χ2v) is 5.59. The lowest BCUT2D eigenvalue weighted by Gasteiger charge is -2.25. The van der Waals surface area contributed by atoms with Crippen molar-refractivity contribution in [3.8, 4) is 0 Å². The van der Waals surface area contributed by atoms with Crippen molar-refractivity contribution in [1.29, 1.82) is 0 Å². The number of hydrogen-bond donors (Lipinski definition) is 0. The molecule has 0 aromatic heterocycles. The smallest absolute Gasteiger partial charge is 0.308 e. The number of thioether (sulfide) groups is 1. The van der Waals surface area contributed by atoms with Gasteiger partial charge in [0.05, 0.1) is 24.6 Å². The van der Waals surface area contributed by atoms with Gasteiger partial charge in [0.2, 0.25) is 0 Å². The molecule has 1 aromatic rings. The topological polar surface area (TPSA) is 29.5 Å². The van der Waals surface area contributed by atoms with Crippen LogP contribution < -0.4 is 4.90 Å². The Morgan fingerprint density at radius 3 is 2.94 bits per heavy atom. The molecule has 0 N–H and O–H groups in total. The van der Waals surface area contributed by atoms with E-state index < -0.39 is 0 Å². The molecular formula is C14H19NO2S. The first-order valence-corrected chi connectivity index (χ1v) is 7.23. The molecule has 0 bridgehead atoms. The molecule has 1 atom stereocenters. The number of anilines is 1. The highest BCUT2D eigenvalue weighted by Crippen LogP contribution is 2.44. The Morgan fingerprint density at radius 2 is 2.22 bits per heavy atom. The number of para-hydroxylation sites is 1. The molecule has 2 rings (SSSR count). The van der Waals surface area contributed by atoms with Gasteiger partial charge in [0.15, 0.2) is 0 Å². The Labute approximate surface area is 113 Å². The van der Waals surface area contributed by atoms with Crippen molar-refractivity contribution in [3.63, 3.8) is 0 Å². The second kappa shape index (κ2) is 6.14. The fourth-order valence-electron chi connectivity index (χ4n) is 2.13. The Balaban J connectivity index is 2.14. The fourth-order valence-corrected chi connectivity index (χ4v) is 3.45. The maximum atomic E-state index is 11.5. The molecule has 3 nitrogen and oxygen atoms in total. The molecule has 4 heteroatoms. The van der Waals surface area contributed by atoms with Gasteiger partial charge in [-0.1, -0.05) is 37.2 Å². The van der Waals surface area contributed by atoms with Crippen molar-refractivity contribution in [2.24, 2.45) is 0 Å². The van der Waals surface area contributed by atoms with Crippen LogP contribution in [0, 0.1) is 0 Å². The third kappa shape index (κ3) is 2.80. The van der Waals surface area contributed by atoms with Crippen LogP contribution in [-0.4, -0.2) is 25.0 Å². The number of ether oxygens (including phenoxy) is 1. The number of fused-ring (bicyclic) bond motifs is 1. The molecule has 0 saturated carbocycles. The van der Waals surface area contributed by atoms with Gasteiger partial charge in [-0.3, -0.25) is 4.79 Å². The van der Waals surface area contributed by atoms with Crippen LogP contribution in [0.25, 0.3) is 0 Å². The van der Waals surface area contributed by atoms with E-state index in [0.717, 1.165) is 19.4 Å². The maximum absolute atomic E-state index is 11.5. The van der Waals surface area contributed by atoms with Crippen molar-refractivity contribution in [1.82, 2.24) is 0 Å². The summed E-state index contributed by atoms with van der Waals surface area (Å²) < 4.78 is 4.78. The Morgan fingerprint density at radius 1 is 1.44 bits per heavy atom. The predicted molar refractivity (Wildman–Crippen MR) is 75.0 cm³/mol. The van der Waals surface area contributed by atoms with Crippen LogP contribution in [0.2, 0.25) is 0 Å². The van der Waals surface area contributed by atoms with Crippen molar-refractivity contribution in [2.75, 3.05) is 18.6 Å². The first-order valence-electron chi connectivity index (χ1n) is 6.35. The zero-order valence-electron chi connectivity index (χ0n) is 10.9. The standard InChI is InChI=1S/C14H19NO2S/c1-3-4-9-15-11-7-5-6-8-12(11)18-13(15)10-14(16)17-2/h5-8,13H,3-4,9-10H2,1-2H3. The molecule has 0 fully saturated rings. The number of carbonyl (C=O) groups is 1. The van der Waals surface area contributed by atoms with Gasteiger partial charge in [0.1, 0.15) is 0 Å². The molecule has 98 valence electrons. The van der Waals surface area contributed by atoms with Gasteiger partial charge in [0, 0.05) is 11.4 Å². The van der Waals surface area contributed by atoms with Crippen molar-refractivity contribution in [2.45, 2.75) is 36.5 Å². The van der Waals surface area contributed by atoms with Crippen molar-refractivity contribution < 1.29 is 9.53 Å². The van der Waals surface area contributed by atoms with Crippen LogP contribution in [0.5, 0.6) is 0 Å². The summed E-state index contributed by atoms with van der Waals surface area (Å²) in [6.45, 7) is 3.19. The number of carbonyl (C=O) groups excluding carboxylic acids is 1. The fraction of sp³-hybridized carbons (Fsp3) is 0.500. The third-order valence-corrected chi connectivity index (χ3v) is 4.40. The minimum atomic E-state index is -0.137. The molecule has 1 aliphatic heterocycles. The third-order valence-electron chi connectivity index (χ3n) is 3.11. The van der Waals surface area contributed by atoms with Gasteiger partial charge in [-0.05, 0) is 18.6 Å². The summed E-state index contributed by atoms with van der Waals surface area (Å²) in [6, 6.07) is 8.36. The monoisotopic (exact) mass is 265 g/mol. The van der Waals surface area contributed by atoms with Gasteiger partial charge >= 0.3 is 5.97 Å². The van der Waals surface area contributed by atoms with E-state index in [0.29, 0.717) is 6.42 Å². The molecule has 1 heterocycles. The zero-order valence-corrected chi connectivity index (χ0v) is 11.7. The van der Waals surface area contributed by atoms with E-state index >= 15 is 0 Å². The predicted octanol–water partition coefficient (Wildman–Crippen LogP) is 3.29. The largest absolute Gasteiger partial charge is 0.469 e. The summed E-state index contributed by atoms with van der Waals surface area (Å²) in [6.07, 6.45) is 2.75. The van der Waals surface area contributed by atoms with E-state index in [1.54, 1.807) is 11.8 Å². The van der Waals surface area contributed by atoms with E-state index in [4.69, 9.17) is 4.74 Å². The average molecular weight is 265 g/mol. The van der Waals surface area contributed by atoms with Crippen LogP contribution in [0.1, 0.15) is 26.2 Å². The zero-order chi connectivity index (χ0) is 13.0. The summed E-state index contributed by atoms with van der Waals surface area (Å²) >= 11 is 1.76. The van der Waals surface area contributed by atoms with Gasteiger partial charge in [0.25, 0.3) is 0 Å². The lowest BCUT2D eigenvalue weighted by Crippen LogP contribution is -2.32. The van der Waals surface area contributed by atoms with E-state index in [1.807, 2.05) is 6.07 Å². The van der Waals surface area contributed by atoms with Crippen molar-refractivity contribution in [3.05, 3.63) is 24.3 Å². The number of benzene rings is 1. The maximum Gasteiger partial charge on any atom is 0.308 e. The van der Waals surface area contributed by atoms with Crippen LogP contribution >= 0.6 is 11.8 Å². The molecule has 0 radical (unpaired) electrons. The van der Waals surface area contributed by atoms with E-state index in [2.05, 4.69) is 30.0 Å². The first-order chi connectivity index (χ1) is 8.76. The summed E-state index contributed by atoms with van der Waals surface area (Å²) in [5.74, 6) is -0.137. The quantitative estimate of drug-likeness (QED) is 0.764. The van der Waals surface area contributed by atoms with Crippen LogP contribution in [-0.2, 0) is 9.53 Å². The van der Waals surface area contributed by atoms with Crippen LogP contribution in [0.15, 0.2) is 29.2 Å². The number of unbranched alkanes of at least 4 members (excludes halogenated alkanes) is 1. The SMILES string of the molecule is CCCCN1c2ccccc2SC1CC(=O)OC. The summed E-state index contributed by atoms with van der Waals surface area (Å²) in [5.41, 5.74) is 1.25. The summed E-state index contributed by atoms with van der Waals surface area (Å²) in [5, 5.41) is 0.182. The summed E-state index contributed by atoms with van der Waals surface area (Å²) in [7, 11) is 1.45. The lowest BCUT2D eigenvalue weighted by atomic mass is 10.2. The van der Waals surface area contributed by atoms with E-state index in [1.165, 1.54) is 17.7 Å². The molecule has 0 amide bonds. The normalized spacial score (nSPS) is 17.7. The van der Waals surface area contributed by atoms with Crippen LogP contribution in [0.4, 0.5) is 5.69 Å². The molecule has 1 aliphatic rings. The first kappa shape index (κ1) is 13.3. The van der Waals surface area contributed by atoms with Crippen molar-refractivity contribution >= 4 is 23.4 Å². The Kier molecular flexibility index (Phi) is 4.53. The minimum Gasteiger partial charge on any atom is -0.469 e. The molecule has 0 spiro atoms. The molecule has 0 saturated heterocycles. The molecule has 18 heavy (non-hydrogen) atoms. The number of hydrogen-bond acceptors (Lipinski definition) is 4. The highest BCUT2D eigenvalue weighted by atomic mass is 32.2. The van der Waals surface area contributed by atoms with E-state index in [9.17, 15) is 4.79 Å². The van der Waals surface area contributed by atoms with Gasteiger partial charge in [-0.15, -0.1) is 0 Å². The van der Waals surface area contributed by atoms with Gasteiger partial charge < -0.3 is 9.64 Å². The highest BCUT2D eigenvalue weighted by Gasteiger charge is 2.31. The van der Waals surface area contributed by atoms with Crippen LogP contribution in [0.3, 0.4) is 0 Å². The highest BCUT2D eigenvalue weighted by molar-refractivity contribution is 8.00. The molecular weight excluding hydrogens is 246 g/mol. The molecule has 1 aromatic carbocycles.